The summed E-state index contributed by atoms with van der Waals surface area (Å²) in [6, 6.07) is 7.17. The van der Waals surface area contributed by atoms with Crippen LogP contribution in [-0.4, -0.2) is 46.9 Å². The number of ether oxygens (including phenoxy) is 1. The van der Waals surface area contributed by atoms with Crippen molar-refractivity contribution in [2.75, 3.05) is 18.5 Å². The van der Waals surface area contributed by atoms with Crippen molar-refractivity contribution in [1.29, 1.82) is 0 Å². The van der Waals surface area contributed by atoms with Crippen LogP contribution in [0.5, 0.6) is 0 Å². The van der Waals surface area contributed by atoms with E-state index < -0.39 is 12.2 Å². The molecule has 1 aliphatic heterocycles. The standard InChI is InChI=1S/C19H22N4O3S/c1-3-12-5-4-6-14(11-12)17(24)26-15-9-10-22(2)19(25)23(15)18-21-20-16(27-18)13-7-8-13/h4-6,11,13,15H,3,7-10H2,1-2H3. The SMILES string of the molecule is CCc1cccc(C(=O)OC2CCN(C)C(=O)N2c2nnc(C3CC3)s2)c1. The van der Waals surface area contributed by atoms with Crippen molar-refractivity contribution in [1.82, 2.24) is 15.1 Å². The Morgan fingerprint density at radius 1 is 1.30 bits per heavy atom. The average Bonchev–Trinajstić information content (AvgIpc) is 3.43. The van der Waals surface area contributed by atoms with Gasteiger partial charge in [0.05, 0.1) is 5.56 Å². The van der Waals surface area contributed by atoms with Gasteiger partial charge in [0, 0.05) is 25.9 Å². The van der Waals surface area contributed by atoms with Gasteiger partial charge in [-0.3, -0.25) is 0 Å². The fourth-order valence-corrected chi connectivity index (χ4v) is 4.13. The highest BCUT2D eigenvalue weighted by Gasteiger charge is 2.38. The summed E-state index contributed by atoms with van der Waals surface area (Å²) in [5.41, 5.74) is 1.57. The van der Waals surface area contributed by atoms with Gasteiger partial charge in [0.25, 0.3) is 0 Å². The number of urea groups is 1. The third-order valence-corrected chi connectivity index (χ3v) is 5.99. The molecule has 2 amide bonds. The number of benzene rings is 1. The second kappa shape index (κ2) is 7.26. The second-order valence-electron chi connectivity index (χ2n) is 6.97. The molecule has 1 aromatic heterocycles. The van der Waals surface area contributed by atoms with E-state index in [0.29, 0.717) is 29.6 Å². The second-order valence-corrected chi connectivity index (χ2v) is 7.96. The maximum Gasteiger partial charge on any atom is 0.340 e. The van der Waals surface area contributed by atoms with Gasteiger partial charge < -0.3 is 9.64 Å². The number of rotatable bonds is 5. The number of nitrogens with zero attached hydrogens (tertiary/aromatic N) is 4. The first-order valence-electron chi connectivity index (χ1n) is 9.24. The Labute approximate surface area is 161 Å². The van der Waals surface area contributed by atoms with Gasteiger partial charge in [-0.2, -0.15) is 0 Å². The first kappa shape index (κ1) is 17.9. The van der Waals surface area contributed by atoms with Crippen LogP contribution in [0, 0.1) is 0 Å². The summed E-state index contributed by atoms with van der Waals surface area (Å²) in [6.45, 7) is 2.56. The quantitative estimate of drug-likeness (QED) is 0.736. The van der Waals surface area contributed by atoms with E-state index in [4.69, 9.17) is 4.74 Å². The lowest BCUT2D eigenvalue weighted by Gasteiger charge is -2.37. The Bertz CT molecular complexity index is 864. The fraction of sp³-hybridized carbons (Fsp3) is 0.474. The van der Waals surface area contributed by atoms with Gasteiger partial charge in [-0.25, -0.2) is 14.5 Å². The minimum Gasteiger partial charge on any atom is -0.437 e. The van der Waals surface area contributed by atoms with Crippen molar-refractivity contribution in [2.45, 2.75) is 44.8 Å². The molecule has 2 aromatic rings. The zero-order valence-corrected chi connectivity index (χ0v) is 16.2. The van der Waals surface area contributed by atoms with Crippen LogP contribution in [0.3, 0.4) is 0 Å². The van der Waals surface area contributed by atoms with Gasteiger partial charge in [0.1, 0.15) is 5.01 Å². The highest BCUT2D eigenvalue weighted by atomic mass is 32.1. The molecule has 27 heavy (non-hydrogen) atoms. The molecule has 0 N–H and O–H groups in total. The van der Waals surface area contributed by atoms with Crippen LogP contribution >= 0.6 is 11.3 Å². The van der Waals surface area contributed by atoms with Crippen molar-refractivity contribution in [3.8, 4) is 0 Å². The Morgan fingerprint density at radius 2 is 2.11 bits per heavy atom. The van der Waals surface area contributed by atoms with Crippen LogP contribution in [-0.2, 0) is 11.2 Å². The summed E-state index contributed by atoms with van der Waals surface area (Å²) >= 11 is 1.41. The van der Waals surface area contributed by atoms with E-state index in [-0.39, 0.29) is 6.03 Å². The van der Waals surface area contributed by atoms with Crippen LogP contribution in [0.1, 0.15) is 53.0 Å². The molecule has 2 aliphatic rings. The summed E-state index contributed by atoms with van der Waals surface area (Å²) < 4.78 is 5.73. The minimum absolute atomic E-state index is 0.222. The number of carbonyl (C=O) groups is 2. The number of hydrogen-bond donors (Lipinski definition) is 0. The Hall–Kier alpha value is -2.48. The maximum absolute atomic E-state index is 12.7. The zero-order chi connectivity index (χ0) is 19.0. The van der Waals surface area contributed by atoms with Crippen LogP contribution < -0.4 is 4.90 Å². The molecular formula is C19H22N4O3S. The van der Waals surface area contributed by atoms with E-state index in [9.17, 15) is 9.59 Å². The Morgan fingerprint density at radius 3 is 2.85 bits per heavy atom. The molecule has 2 fully saturated rings. The molecule has 142 valence electrons. The highest BCUT2D eigenvalue weighted by molar-refractivity contribution is 7.15. The van der Waals surface area contributed by atoms with Crippen molar-refractivity contribution in [3.05, 3.63) is 40.4 Å². The summed E-state index contributed by atoms with van der Waals surface area (Å²) in [7, 11) is 1.74. The highest BCUT2D eigenvalue weighted by Crippen LogP contribution is 2.43. The first-order valence-corrected chi connectivity index (χ1v) is 10.1. The Balaban J connectivity index is 1.56. The van der Waals surface area contributed by atoms with E-state index in [1.807, 2.05) is 25.1 Å². The van der Waals surface area contributed by atoms with Crippen LogP contribution in [0.25, 0.3) is 0 Å². The van der Waals surface area contributed by atoms with Gasteiger partial charge in [-0.05, 0) is 37.0 Å². The van der Waals surface area contributed by atoms with Crippen molar-refractivity contribution >= 4 is 28.5 Å². The number of anilines is 1. The molecule has 1 aromatic carbocycles. The van der Waals surface area contributed by atoms with Crippen molar-refractivity contribution in [2.24, 2.45) is 0 Å². The molecule has 1 unspecified atom stereocenters. The molecule has 0 radical (unpaired) electrons. The first-order chi connectivity index (χ1) is 13.1. The molecule has 0 bridgehead atoms. The lowest BCUT2D eigenvalue weighted by Crippen LogP contribution is -2.54. The minimum atomic E-state index is -0.675. The van der Waals surface area contributed by atoms with E-state index in [1.54, 1.807) is 18.0 Å². The van der Waals surface area contributed by atoms with Gasteiger partial charge in [-0.1, -0.05) is 30.4 Å². The van der Waals surface area contributed by atoms with E-state index in [2.05, 4.69) is 10.2 Å². The zero-order valence-electron chi connectivity index (χ0n) is 15.4. The summed E-state index contributed by atoms with van der Waals surface area (Å²) in [5.74, 6) is 0.0382. The smallest absolute Gasteiger partial charge is 0.340 e. The van der Waals surface area contributed by atoms with Gasteiger partial charge in [-0.15, -0.1) is 10.2 Å². The summed E-state index contributed by atoms with van der Waals surface area (Å²) in [4.78, 5) is 28.5. The van der Waals surface area contributed by atoms with Gasteiger partial charge in [0.15, 0.2) is 6.23 Å². The van der Waals surface area contributed by atoms with Crippen molar-refractivity contribution < 1.29 is 14.3 Å². The topological polar surface area (TPSA) is 75.6 Å². The summed E-state index contributed by atoms with van der Waals surface area (Å²) in [5, 5.41) is 9.87. The van der Waals surface area contributed by atoms with Crippen LogP contribution in [0.2, 0.25) is 0 Å². The van der Waals surface area contributed by atoms with Crippen LogP contribution in [0.4, 0.5) is 9.93 Å². The molecule has 0 spiro atoms. The lowest BCUT2D eigenvalue weighted by atomic mass is 10.1. The predicted molar refractivity (Wildman–Crippen MR) is 102 cm³/mol. The lowest BCUT2D eigenvalue weighted by molar-refractivity contribution is 0.0229. The molecular weight excluding hydrogens is 364 g/mol. The number of esters is 1. The fourth-order valence-electron chi connectivity index (χ4n) is 3.08. The third kappa shape index (κ3) is 3.66. The molecule has 4 rings (SSSR count). The van der Waals surface area contributed by atoms with Gasteiger partial charge in [0.2, 0.25) is 5.13 Å². The summed E-state index contributed by atoms with van der Waals surface area (Å²) in [6.07, 6.45) is 2.93. The third-order valence-electron chi connectivity index (χ3n) is 4.91. The molecule has 1 aliphatic carbocycles. The number of hydrogen-bond acceptors (Lipinski definition) is 6. The number of aryl methyl sites for hydroxylation is 1. The molecule has 8 heteroatoms. The number of amides is 2. The van der Waals surface area contributed by atoms with E-state index in [1.165, 1.54) is 16.2 Å². The normalized spacial score (nSPS) is 20.1. The average molecular weight is 386 g/mol. The molecule has 7 nitrogen and oxygen atoms in total. The van der Waals surface area contributed by atoms with E-state index >= 15 is 0 Å². The molecule has 1 saturated carbocycles. The Kier molecular flexibility index (Phi) is 4.82. The number of carbonyl (C=O) groups excluding carboxylic acids is 2. The number of aromatic nitrogens is 2. The maximum atomic E-state index is 12.7. The van der Waals surface area contributed by atoms with Crippen molar-refractivity contribution in [3.63, 3.8) is 0 Å². The van der Waals surface area contributed by atoms with E-state index in [0.717, 1.165) is 29.8 Å². The predicted octanol–water partition coefficient (Wildman–Crippen LogP) is 3.42. The van der Waals surface area contributed by atoms with Crippen LogP contribution in [0.15, 0.2) is 24.3 Å². The molecule has 1 atom stereocenters. The largest absolute Gasteiger partial charge is 0.437 e. The monoisotopic (exact) mass is 386 g/mol. The molecule has 1 saturated heterocycles. The van der Waals surface area contributed by atoms with Gasteiger partial charge >= 0.3 is 12.0 Å². The molecule has 2 heterocycles.